The zero-order chi connectivity index (χ0) is 17.1. The van der Waals surface area contributed by atoms with E-state index in [1.165, 1.54) is 11.1 Å². The van der Waals surface area contributed by atoms with Crippen LogP contribution in [0.2, 0.25) is 0 Å². The fraction of sp³-hybridized carbons (Fsp3) is 0.250. The highest BCUT2D eigenvalue weighted by atomic mass is 127. The zero-order valence-corrected chi connectivity index (χ0v) is 17.0. The summed E-state index contributed by atoms with van der Waals surface area (Å²) >= 11 is 0. The highest BCUT2D eigenvalue weighted by molar-refractivity contribution is 5.92. The molecule has 0 spiro atoms. The van der Waals surface area contributed by atoms with Gasteiger partial charge in [0.1, 0.15) is 12.8 Å². The minimum Gasteiger partial charge on any atom is -1.00 e. The van der Waals surface area contributed by atoms with Gasteiger partial charge in [-0.3, -0.25) is 0 Å². The smallest absolute Gasteiger partial charge is 0.180 e. The second-order valence-corrected chi connectivity index (χ2v) is 5.74. The van der Waals surface area contributed by atoms with Gasteiger partial charge in [-0.1, -0.05) is 12.1 Å². The van der Waals surface area contributed by atoms with Crippen molar-refractivity contribution in [2.75, 3.05) is 21.3 Å². The Labute approximate surface area is 165 Å². The number of nitrogens with zero attached hydrogens (tertiary/aromatic N) is 1. The lowest BCUT2D eigenvalue weighted by molar-refractivity contribution is -0.670. The topological polar surface area (TPSA) is 31.6 Å². The van der Waals surface area contributed by atoms with E-state index in [-0.39, 0.29) is 24.0 Å². The molecule has 3 rings (SSSR count). The molecule has 0 N–H and O–H groups in total. The summed E-state index contributed by atoms with van der Waals surface area (Å²) < 4.78 is 18.4. The third-order valence-electron chi connectivity index (χ3n) is 4.15. The van der Waals surface area contributed by atoms with Gasteiger partial charge in [0.05, 0.1) is 26.7 Å². The number of halogens is 1. The summed E-state index contributed by atoms with van der Waals surface area (Å²) in [5.41, 5.74) is 2.43. The molecule has 4 nitrogen and oxygen atoms in total. The summed E-state index contributed by atoms with van der Waals surface area (Å²) in [4.78, 5) is 0. The van der Waals surface area contributed by atoms with Crippen LogP contribution in [-0.4, -0.2) is 21.3 Å². The predicted molar refractivity (Wildman–Crippen MR) is 94.0 cm³/mol. The largest absolute Gasteiger partial charge is 1.00 e. The van der Waals surface area contributed by atoms with Crippen LogP contribution >= 0.6 is 0 Å². The molecule has 1 heterocycles. The Morgan fingerprint density at radius 2 is 1.68 bits per heavy atom. The fourth-order valence-corrected chi connectivity index (χ4v) is 3.06. The molecule has 3 aromatic rings. The van der Waals surface area contributed by atoms with Crippen LogP contribution in [-0.2, 0) is 13.5 Å². The van der Waals surface area contributed by atoms with Crippen LogP contribution in [0.25, 0.3) is 10.8 Å². The molecule has 0 unspecified atom stereocenters. The standard InChI is InChI=1S/C20H22NO3.HI/c1-21-12-15(10-14-6-5-7-16(11-14)22-2)17-8-9-19(23-3)20(24-4)18(17)13-21;/h5-9,11-13H,10H2,1-4H3;1H/q+1;/p-1. The maximum Gasteiger partial charge on any atom is 0.180 e. The Morgan fingerprint density at radius 3 is 2.36 bits per heavy atom. The van der Waals surface area contributed by atoms with Crippen LogP contribution in [0.5, 0.6) is 17.2 Å². The summed E-state index contributed by atoms with van der Waals surface area (Å²) in [6.45, 7) is 0. The normalized spacial score (nSPS) is 10.2. The molecule has 0 atom stereocenters. The van der Waals surface area contributed by atoms with Crippen LogP contribution in [0.15, 0.2) is 48.8 Å². The number of pyridine rings is 1. The van der Waals surface area contributed by atoms with Crippen molar-refractivity contribution in [3.63, 3.8) is 0 Å². The lowest BCUT2D eigenvalue weighted by atomic mass is 10.00. The Morgan fingerprint density at radius 1 is 0.880 bits per heavy atom. The molecule has 0 aliphatic heterocycles. The molecule has 0 saturated heterocycles. The molecule has 0 saturated carbocycles. The minimum atomic E-state index is 0. The molecule has 0 fully saturated rings. The first-order valence-corrected chi connectivity index (χ1v) is 7.82. The van der Waals surface area contributed by atoms with E-state index in [9.17, 15) is 0 Å². The molecule has 0 aliphatic rings. The Hall–Kier alpha value is -2.02. The van der Waals surface area contributed by atoms with E-state index < -0.39 is 0 Å². The maximum absolute atomic E-state index is 5.59. The summed E-state index contributed by atoms with van der Waals surface area (Å²) in [5.74, 6) is 2.37. The Bertz CT molecular complexity index is 880. The van der Waals surface area contributed by atoms with Crippen LogP contribution in [0.4, 0.5) is 0 Å². The maximum atomic E-state index is 5.59. The van der Waals surface area contributed by atoms with E-state index in [1.807, 2.05) is 25.2 Å². The van der Waals surface area contributed by atoms with Gasteiger partial charge in [0.25, 0.3) is 0 Å². The summed E-state index contributed by atoms with van der Waals surface area (Å²) in [6, 6.07) is 12.2. The van der Waals surface area contributed by atoms with Crippen molar-refractivity contribution in [1.29, 1.82) is 0 Å². The number of benzene rings is 2. The molecule has 1 aromatic heterocycles. The first kappa shape index (κ1) is 19.3. The summed E-state index contributed by atoms with van der Waals surface area (Å²) in [7, 11) is 7.04. The molecule has 0 radical (unpaired) electrons. The molecular weight excluding hydrogens is 429 g/mol. The monoisotopic (exact) mass is 451 g/mol. The van der Waals surface area contributed by atoms with E-state index in [0.717, 1.165) is 34.4 Å². The quantitative estimate of drug-likeness (QED) is 0.413. The fourth-order valence-electron chi connectivity index (χ4n) is 3.06. The zero-order valence-electron chi connectivity index (χ0n) is 14.9. The molecule has 5 heteroatoms. The van der Waals surface area contributed by atoms with Crippen molar-refractivity contribution in [2.45, 2.75) is 6.42 Å². The molecule has 132 valence electrons. The minimum absolute atomic E-state index is 0. The van der Waals surface area contributed by atoms with Crippen LogP contribution < -0.4 is 42.8 Å². The number of ether oxygens (including phenoxy) is 3. The van der Waals surface area contributed by atoms with Gasteiger partial charge >= 0.3 is 0 Å². The van der Waals surface area contributed by atoms with Gasteiger partial charge in [-0.2, -0.15) is 0 Å². The number of aromatic nitrogens is 1. The summed E-state index contributed by atoms with van der Waals surface area (Å²) in [5, 5.41) is 2.20. The lowest BCUT2D eigenvalue weighted by Crippen LogP contribution is -3.00. The van der Waals surface area contributed by atoms with E-state index in [1.54, 1.807) is 21.3 Å². The van der Waals surface area contributed by atoms with Crippen molar-refractivity contribution >= 4 is 10.8 Å². The number of aryl methyl sites for hydroxylation is 1. The van der Waals surface area contributed by atoms with Crippen LogP contribution in [0, 0.1) is 0 Å². The van der Waals surface area contributed by atoms with Gasteiger partial charge in [0, 0.05) is 17.4 Å². The Kier molecular flexibility index (Phi) is 6.47. The van der Waals surface area contributed by atoms with Crippen molar-refractivity contribution in [3.05, 3.63) is 59.9 Å². The number of methoxy groups -OCH3 is 3. The van der Waals surface area contributed by atoms with Crippen molar-refractivity contribution in [1.82, 2.24) is 0 Å². The number of hydrogen-bond acceptors (Lipinski definition) is 3. The molecule has 2 aromatic carbocycles. The average molecular weight is 451 g/mol. The molecule has 0 aliphatic carbocycles. The first-order valence-electron chi connectivity index (χ1n) is 7.82. The third-order valence-corrected chi connectivity index (χ3v) is 4.15. The second-order valence-electron chi connectivity index (χ2n) is 5.74. The van der Waals surface area contributed by atoms with E-state index >= 15 is 0 Å². The third kappa shape index (κ3) is 3.98. The van der Waals surface area contributed by atoms with Gasteiger partial charge in [0.2, 0.25) is 0 Å². The van der Waals surface area contributed by atoms with Gasteiger partial charge in [-0.05, 0) is 29.8 Å². The molecule has 25 heavy (non-hydrogen) atoms. The molecule has 0 bridgehead atoms. The van der Waals surface area contributed by atoms with Gasteiger partial charge in [-0.15, -0.1) is 0 Å². The van der Waals surface area contributed by atoms with Crippen LogP contribution in [0.3, 0.4) is 0 Å². The molecular formula is C20H22INO3. The highest BCUT2D eigenvalue weighted by Crippen LogP contribution is 2.36. The highest BCUT2D eigenvalue weighted by Gasteiger charge is 2.16. The second kappa shape index (κ2) is 8.38. The van der Waals surface area contributed by atoms with Crippen molar-refractivity contribution < 1.29 is 42.8 Å². The summed E-state index contributed by atoms with van der Waals surface area (Å²) in [6.07, 6.45) is 5.03. The Balaban J connectivity index is 0.00000225. The van der Waals surface area contributed by atoms with Crippen LogP contribution in [0.1, 0.15) is 11.1 Å². The predicted octanol–water partition coefficient (Wildman–Crippen LogP) is 0.285. The average Bonchev–Trinajstić information content (AvgIpc) is 2.60. The van der Waals surface area contributed by atoms with E-state index in [0.29, 0.717) is 0 Å². The van der Waals surface area contributed by atoms with E-state index in [2.05, 4.69) is 35.2 Å². The first-order chi connectivity index (χ1) is 11.7. The van der Waals surface area contributed by atoms with Gasteiger partial charge in [-0.25, -0.2) is 4.57 Å². The number of hydrogen-bond donors (Lipinski definition) is 0. The SMILES string of the molecule is COc1cccc(Cc2c[n+](C)cc3c(OC)c(OC)ccc23)c1.[I-]. The lowest BCUT2D eigenvalue weighted by Gasteiger charge is -2.12. The van der Waals surface area contributed by atoms with Gasteiger partial charge in [0.15, 0.2) is 23.9 Å². The van der Waals surface area contributed by atoms with Gasteiger partial charge < -0.3 is 38.2 Å². The number of rotatable bonds is 5. The molecule has 0 amide bonds. The number of fused-ring (bicyclic) bond motifs is 1. The van der Waals surface area contributed by atoms with Crippen molar-refractivity contribution in [3.8, 4) is 17.2 Å². The van der Waals surface area contributed by atoms with Crippen molar-refractivity contribution in [2.24, 2.45) is 7.05 Å². The van der Waals surface area contributed by atoms with E-state index in [4.69, 9.17) is 14.2 Å².